The van der Waals surface area contributed by atoms with Crippen molar-refractivity contribution in [1.82, 2.24) is 29.7 Å². The van der Waals surface area contributed by atoms with Crippen molar-refractivity contribution >= 4 is 11.0 Å². The molecule has 31 heavy (non-hydrogen) atoms. The van der Waals surface area contributed by atoms with Crippen molar-refractivity contribution in [2.75, 3.05) is 13.2 Å². The van der Waals surface area contributed by atoms with Crippen LogP contribution in [0.4, 0.5) is 4.39 Å². The number of nitrogens with one attached hydrogen (secondary N) is 1. The second-order valence-corrected chi connectivity index (χ2v) is 8.29. The number of aromatic amines is 1. The van der Waals surface area contributed by atoms with Crippen LogP contribution in [0.2, 0.25) is 0 Å². The van der Waals surface area contributed by atoms with Crippen LogP contribution in [0.15, 0.2) is 17.2 Å². The van der Waals surface area contributed by atoms with E-state index in [-0.39, 0.29) is 34.5 Å². The highest BCUT2D eigenvalue weighted by molar-refractivity contribution is 5.80. The Kier molecular flexibility index (Phi) is 4.98. The van der Waals surface area contributed by atoms with Crippen molar-refractivity contribution in [1.29, 1.82) is 5.26 Å². The van der Waals surface area contributed by atoms with E-state index in [1.807, 2.05) is 13.0 Å². The molecule has 9 nitrogen and oxygen atoms in total. The fourth-order valence-corrected chi connectivity index (χ4v) is 4.65. The number of halogens is 1. The fourth-order valence-electron chi connectivity index (χ4n) is 4.65. The van der Waals surface area contributed by atoms with Crippen LogP contribution >= 0.6 is 0 Å². The standard InChI is InChI=1S/C21H22FN7O2/c1-11(12-4-6-31-7-5-12)29-20-17(16(8-23)28-29)21(30)27-19(26-20)15-3-2-14(15)18-24-9-13(22)10-25-18/h9-12,14-15H,2-7H2,1H3,(H,26,27,30)/t11?,14-,15-/m0/s1. The third-order valence-corrected chi connectivity index (χ3v) is 6.62. The zero-order chi connectivity index (χ0) is 21.5. The van der Waals surface area contributed by atoms with Gasteiger partial charge in [-0.05, 0) is 38.5 Å². The molecule has 160 valence electrons. The van der Waals surface area contributed by atoms with Crippen LogP contribution < -0.4 is 5.56 Å². The highest BCUT2D eigenvalue weighted by Gasteiger charge is 2.38. The van der Waals surface area contributed by atoms with Gasteiger partial charge in [0.15, 0.2) is 17.2 Å². The van der Waals surface area contributed by atoms with E-state index in [1.165, 1.54) is 0 Å². The average Bonchev–Trinajstić information content (AvgIpc) is 3.14. The summed E-state index contributed by atoms with van der Waals surface area (Å²) in [5, 5.41) is 14.2. The number of ether oxygens (including phenoxy) is 1. The summed E-state index contributed by atoms with van der Waals surface area (Å²) in [5.41, 5.74) is 0.147. The van der Waals surface area contributed by atoms with Crippen molar-refractivity contribution in [3.05, 3.63) is 45.9 Å². The lowest BCUT2D eigenvalue weighted by molar-refractivity contribution is 0.0501. The maximum absolute atomic E-state index is 13.2. The lowest BCUT2D eigenvalue weighted by atomic mass is 9.72. The molecule has 1 aliphatic carbocycles. The van der Waals surface area contributed by atoms with Gasteiger partial charge in [0, 0.05) is 25.0 Å². The topological polar surface area (TPSA) is 122 Å². The Morgan fingerprint density at radius 1 is 1.23 bits per heavy atom. The Morgan fingerprint density at radius 2 is 1.94 bits per heavy atom. The normalized spacial score (nSPS) is 22.7. The summed E-state index contributed by atoms with van der Waals surface area (Å²) in [6.45, 7) is 3.44. The van der Waals surface area contributed by atoms with E-state index in [9.17, 15) is 14.4 Å². The Balaban J connectivity index is 1.55. The van der Waals surface area contributed by atoms with Gasteiger partial charge in [-0.25, -0.2) is 24.0 Å². The Bertz CT molecular complexity index is 1210. The van der Waals surface area contributed by atoms with Gasteiger partial charge in [0.2, 0.25) is 0 Å². The first-order chi connectivity index (χ1) is 15.1. The monoisotopic (exact) mass is 423 g/mol. The van der Waals surface area contributed by atoms with Crippen LogP contribution in [-0.4, -0.2) is 42.9 Å². The number of nitrogens with zero attached hydrogens (tertiary/aromatic N) is 6. The summed E-state index contributed by atoms with van der Waals surface area (Å²) in [5.74, 6) is 0.809. The van der Waals surface area contributed by atoms with Crippen LogP contribution in [0.5, 0.6) is 0 Å². The summed E-state index contributed by atoms with van der Waals surface area (Å²) in [6, 6.07) is 2.01. The molecule has 0 spiro atoms. The van der Waals surface area contributed by atoms with Crippen molar-refractivity contribution in [2.45, 2.75) is 50.5 Å². The molecule has 3 aromatic rings. The summed E-state index contributed by atoms with van der Waals surface area (Å²) in [7, 11) is 0. The molecule has 0 amide bonds. The number of hydrogen-bond donors (Lipinski definition) is 1. The zero-order valence-electron chi connectivity index (χ0n) is 17.1. The van der Waals surface area contributed by atoms with E-state index in [0.29, 0.717) is 36.4 Å². The van der Waals surface area contributed by atoms with Crippen molar-refractivity contribution in [2.24, 2.45) is 5.92 Å². The minimum Gasteiger partial charge on any atom is -0.381 e. The quantitative estimate of drug-likeness (QED) is 0.684. The molecule has 0 bridgehead atoms. The summed E-state index contributed by atoms with van der Waals surface area (Å²) in [6.07, 6.45) is 5.75. The third kappa shape index (κ3) is 3.39. The van der Waals surface area contributed by atoms with E-state index in [2.05, 4.69) is 20.1 Å². The van der Waals surface area contributed by atoms with Crippen molar-refractivity contribution in [3.63, 3.8) is 0 Å². The van der Waals surface area contributed by atoms with Gasteiger partial charge in [0.1, 0.15) is 23.1 Å². The first-order valence-electron chi connectivity index (χ1n) is 10.5. The van der Waals surface area contributed by atoms with E-state index < -0.39 is 5.82 Å². The van der Waals surface area contributed by atoms with Gasteiger partial charge in [-0.3, -0.25) is 4.79 Å². The Labute approximate surface area is 177 Å². The molecule has 0 aromatic carbocycles. The van der Waals surface area contributed by atoms with E-state index in [1.54, 1.807) is 4.68 Å². The highest BCUT2D eigenvalue weighted by Crippen LogP contribution is 2.46. The fraction of sp³-hybridized carbons (Fsp3) is 0.524. The van der Waals surface area contributed by atoms with Crippen LogP contribution in [-0.2, 0) is 4.74 Å². The van der Waals surface area contributed by atoms with Crippen molar-refractivity contribution in [3.8, 4) is 6.07 Å². The average molecular weight is 423 g/mol. The van der Waals surface area contributed by atoms with Gasteiger partial charge in [0.05, 0.1) is 18.4 Å². The van der Waals surface area contributed by atoms with Crippen LogP contribution in [0.3, 0.4) is 0 Å². The zero-order valence-corrected chi connectivity index (χ0v) is 17.1. The van der Waals surface area contributed by atoms with E-state index in [4.69, 9.17) is 9.72 Å². The predicted octanol–water partition coefficient (Wildman–Crippen LogP) is 2.57. The lowest BCUT2D eigenvalue weighted by Crippen LogP contribution is -2.28. The summed E-state index contributed by atoms with van der Waals surface area (Å²) >= 11 is 0. The number of hydrogen-bond acceptors (Lipinski definition) is 7. The SMILES string of the molecule is CC(C1CCOCC1)n1nc(C#N)c2c(=O)[nH]c([C@H]3CC[C@@H]3c3ncc(F)cn3)nc21. The predicted molar refractivity (Wildman–Crippen MR) is 108 cm³/mol. The molecule has 0 radical (unpaired) electrons. The molecule has 1 N–H and O–H groups in total. The molecule has 3 aromatic heterocycles. The van der Waals surface area contributed by atoms with Crippen molar-refractivity contribution < 1.29 is 9.13 Å². The third-order valence-electron chi connectivity index (χ3n) is 6.62. The van der Waals surface area contributed by atoms with Crippen LogP contribution in [0.1, 0.15) is 67.8 Å². The van der Waals surface area contributed by atoms with Crippen LogP contribution in [0, 0.1) is 23.1 Å². The molecule has 4 heterocycles. The number of aromatic nitrogens is 6. The Morgan fingerprint density at radius 3 is 2.58 bits per heavy atom. The molecule has 1 unspecified atom stereocenters. The molecule has 3 atom stereocenters. The number of nitriles is 1. The molecule has 1 saturated carbocycles. The molecule has 2 fully saturated rings. The second kappa shape index (κ2) is 7.81. The smallest absolute Gasteiger partial charge is 0.263 e. The molecular weight excluding hydrogens is 401 g/mol. The van der Waals surface area contributed by atoms with Gasteiger partial charge in [-0.15, -0.1) is 0 Å². The van der Waals surface area contributed by atoms with E-state index >= 15 is 0 Å². The second-order valence-electron chi connectivity index (χ2n) is 8.29. The van der Waals surface area contributed by atoms with Gasteiger partial charge in [-0.2, -0.15) is 10.4 Å². The molecule has 2 aliphatic rings. The molecule has 1 aliphatic heterocycles. The van der Waals surface area contributed by atoms with Crippen LogP contribution in [0.25, 0.3) is 11.0 Å². The number of fused-ring (bicyclic) bond motifs is 1. The van der Waals surface area contributed by atoms with Gasteiger partial charge >= 0.3 is 0 Å². The molecular formula is C21H22FN7O2. The van der Waals surface area contributed by atoms with Gasteiger partial charge in [0.25, 0.3) is 5.56 Å². The lowest BCUT2D eigenvalue weighted by Gasteiger charge is -2.34. The highest BCUT2D eigenvalue weighted by atomic mass is 19.1. The van der Waals surface area contributed by atoms with Gasteiger partial charge < -0.3 is 9.72 Å². The van der Waals surface area contributed by atoms with Gasteiger partial charge in [-0.1, -0.05) is 0 Å². The molecule has 1 saturated heterocycles. The summed E-state index contributed by atoms with van der Waals surface area (Å²) in [4.78, 5) is 28.8. The largest absolute Gasteiger partial charge is 0.381 e. The van der Waals surface area contributed by atoms with E-state index in [0.717, 1.165) is 38.1 Å². The maximum Gasteiger partial charge on any atom is 0.263 e. The maximum atomic E-state index is 13.2. The number of H-pyrrole nitrogens is 1. The summed E-state index contributed by atoms with van der Waals surface area (Å²) < 4.78 is 20.4. The molecule has 5 rings (SSSR count). The first kappa shape index (κ1) is 19.8. The number of rotatable bonds is 4. The minimum atomic E-state index is -0.484. The Hall–Kier alpha value is -3.19. The molecule has 10 heteroatoms. The first-order valence-corrected chi connectivity index (χ1v) is 10.5. The minimum absolute atomic E-state index is 0.0201.